The average Bonchev–Trinajstić information content (AvgIpc) is 2.76. The van der Waals surface area contributed by atoms with Crippen LogP contribution >= 0.6 is 15.9 Å². The first-order valence-corrected chi connectivity index (χ1v) is 7.57. The summed E-state index contributed by atoms with van der Waals surface area (Å²) in [7, 11) is 0. The SMILES string of the molecule is Oc1c2c(c(O)n1-c1ccc(Br)cc1)[C@H]1C=C[C@@H]2CC1. The van der Waals surface area contributed by atoms with Gasteiger partial charge < -0.3 is 10.2 Å². The summed E-state index contributed by atoms with van der Waals surface area (Å²) in [4.78, 5) is 0. The van der Waals surface area contributed by atoms with E-state index in [4.69, 9.17) is 0 Å². The predicted octanol–water partition coefficient (Wildman–Crippen LogP) is 4.18. The van der Waals surface area contributed by atoms with Crippen LogP contribution in [0.3, 0.4) is 0 Å². The molecule has 0 aliphatic heterocycles. The minimum Gasteiger partial charge on any atom is -0.494 e. The zero-order valence-corrected chi connectivity index (χ0v) is 12.3. The van der Waals surface area contributed by atoms with Crippen molar-refractivity contribution in [3.05, 3.63) is 52.0 Å². The van der Waals surface area contributed by atoms with E-state index in [1.54, 1.807) is 4.57 Å². The van der Waals surface area contributed by atoms with Gasteiger partial charge in [-0.1, -0.05) is 28.1 Å². The van der Waals surface area contributed by atoms with Crippen LogP contribution in [-0.2, 0) is 0 Å². The zero-order valence-electron chi connectivity index (χ0n) is 10.8. The largest absolute Gasteiger partial charge is 0.494 e. The molecule has 3 aliphatic rings. The number of hydrogen-bond acceptors (Lipinski definition) is 2. The highest BCUT2D eigenvalue weighted by Crippen LogP contribution is 2.54. The first-order valence-electron chi connectivity index (χ1n) is 6.77. The fourth-order valence-corrected chi connectivity index (χ4v) is 3.71. The van der Waals surface area contributed by atoms with Crippen molar-refractivity contribution in [1.29, 1.82) is 0 Å². The third-order valence-corrected chi connectivity index (χ3v) is 4.92. The lowest BCUT2D eigenvalue weighted by molar-refractivity contribution is 0.399. The van der Waals surface area contributed by atoms with Gasteiger partial charge in [-0.05, 0) is 37.1 Å². The van der Waals surface area contributed by atoms with Crippen molar-refractivity contribution >= 4 is 15.9 Å². The summed E-state index contributed by atoms with van der Waals surface area (Å²) in [6.45, 7) is 0. The van der Waals surface area contributed by atoms with Crippen LogP contribution < -0.4 is 0 Å². The van der Waals surface area contributed by atoms with Crippen molar-refractivity contribution in [2.24, 2.45) is 0 Å². The van der Waals surface area contributed by atoms with Gasteiger partial charge in [0.25, 0.3) is 0 Å². The van der Waals surface area contributed by atoms with Gasteiger partial charge in [-0.25, -0.2) is 0 Å². The standard InChI is InChI=1S/C16H14BrNO2/c17-11-5-7-12(8-6-11)18-15(19)13-9-1-2-10(4-3-9)14(13)16(18)20/h1-2,5-10,19-20H,3-4H2/t9-,10+. The van der Waals surface area contributed by atoms with Gasteiger partial charge in [-0.2, -0.15) is 0 Å². The second kappa shape index (κ2) is 4.16. The molecule has 3 nitrogen and oxygen atoms in total. The topological polar surface area (TPSA) is 45.4 Å². The Morgan fingerprint density at radius 3 is 1.85 bits per heavy atom. The highest BCUT2D eigenvalue weighted by molar-refractivity contribution is 9.10. The Morgan fingerprint density at radius 2 is 1.40 bits per heavy atom. The van der Waals surface area contributed by atoms with Crippen LogP contribution in [0.1, 0.15) is 35.8 Å². The summed E-state index contributed by atoms with van der Waals surface area (Å²) >= 11 is 3.40. The first-order chi connectivity index (χ1) is 9.66. The smallest absolute Gasteiger partial charge is 0.202 e. The Bertz CT molecular complexity index is 678. The van der Waals surface area contributed by atoms with Gasteiger partial charge in [-0.3, -0.25) is 4.57 Å². The minimum absolute atomic E-state index is 0.180. The lowest BCUT2D eigenvalue weighted by Crippen LogP contribution is -2.15. The first kappa shape index (κ1) is 12.1. The second-order valence-electron chi connectivity index (χ2n) is 5.46. The molecule has 5 rings (SSSR count). The van der Waals surface area contributed by atoms with Crippen LogP contribution in [0.15, 0.2) is 40.9 Å². The molecule has 0 amide bonds. The minimum atomic E-state index is 0.180. The average molecular weight is 332 g/mol. The predicted molar refractivity (Wildman–Crippen MR) is 80.7 cm³/mol. The molecule has 1 aromatic carbocycles. The van der Waals surface area contributed by atoms with Gasteiger partial charge in [0.1, 0.15) is 0 Å². The molecule has 0 saturated carbocycles. The van der Waals surface area contributed by atoms with Crippen molar-refractivity contribution < 1.29 is 10.2 Å². The van der Waals surface area contributed by atoms with E-state index in [1.165, 1.54) is 0 Å². The fourth-order valence-electron chi connectivity index (χ4n) is 3.45. The fraction of sp³-hybridized carbons (Fsp3) is 0.250. The van der Waals surface area contributed by atoms with Crippen LogP contribution in [0, 0.1) is 0 Å². The molecular weight excluding hydrogens is 318 g/mol. The molecular formula is C16H14BrNO2. The van der Waals surface area contributed by atoms with Crippen LogP contribution in [0.2, 0.25) is 0 Å². The maximum atomic E-state index is 10.6. The van der Waals surface area contributed by atoms with Gasteiger partial charge in [-0.15, -0.1) is 0 Å². The molecule has 2 aromatic rings. The van der Waals surface area contributed by atoms with Crippen molar-refractivity contribution in [2.45, 2.75) is 24.7 Å². The third kappa shape index (κ3) is 1.51. The van der Waals surface area contributed by atoms with E-state index in [-0.39, 0.29) is 23.6 Å². The van der Waals surface area contributed by atoms with Gasteiger partial charge in [0.05, 0.1) is 5.69 Å². The number of aromatic nitrogens is 1. The zero-order chi connectivity index (χ0) is 13.9. The molecule has 1 heterocycles. The quantitative estimate of drug-likeness (QED) is 0.770. The molecule has 2 bridgehead atoms. The molecule has 0 unspecified atom stereocenters. The molecule has 2 N–H and O–H groups in total. The van der Waals surface area contributed by atoms with Crippen molar-refractivity contribution in [1.82, 2.24) is 4.57 Å². The normalized spacial score (nSPS) is 23.1. The third-order valence-electron chi connectivity index (χ3n) is 4.39. The maximum absolute atomic E-state index is 10.6. The molecule has 0 fully saturated rings. The van der Waals surface area contributed by atoms with E-state index >= 15 is 0 Å². The van der Waals surface area contributed by atoms with Crippen molar-refractivity contribution in [3.63, 3.8) is 0 Å². The monoisotopic (exact) mass is 331 g/mol. The van der Waals surface area contributed by atoms with E-state index in [2.05, 4.69) is 28.1 Å². The highest BCUT2D eigenvalue weighted by Gasteiger charge is 2.37. The molecule has 4 heteroatoms. The number of aromatic hydroxyl groups is 2. The maximum Gasteiger partial charge on any atom is 0.202 e. The van der Waals surface area contributed by atoms with Gasteiger partial charge in [0.15, 0.2) is 0 Å². The molecule has 1 aromatic heterocycles. The Kier molecular flexibility index (Phi) is 2.51. The number of halogens is 1. The summed E-state index contributed by atoms with van der Waals surface area (Å²) in [5.41, 5.74) is 2.59. The molecule has 102 valence electrons. The van der Waals surface area contributed by atoms with Crippen LogP contribution in [0.25, 0.3) is 5.69 Å². The lowest BCUT2D eigenvalue weighted by Gasteiger charge is -2.30. The number of benzene rings is 1. The second-order valence-corrected chi connectivity index (χ2v) is 6.38. The van der Waals surface area contributed by atoms with E-state index in [0.717, 1.165) is 34.1 Å². The number of allylic oxidation sites excluding steroid dienone is 2. The van der Waals surface area contributed by atoms with Gasteiger partial charge in [0, 0.05) is 27.4 Å². The summed E-state index contributed by atoms with van der Waals surface area (Å²) in [5.74, 6) is 0.827. The Balaban J connectivity index is 1.95. The van der Waals surface area contributed by atoms with Crippen LogP contribution in [0.4, 0.5) is 0 Å². The van der Waals surface area contributed by atoms with Crippen molar-refractivity contribution in [2.75, 3.05) is 0 Å². The van der Waals surface area contributed by atoms with Crippen LogP contribution in [-0.4, -0.2) is 14.8 Å². The number of nitrogens with zero attached hydrogens (tertiary/aromatic N) is 1. The summed E-state index contributed by atoms with van der Waals surface area (Å²) < 4.78 is 2.52. The number of hydrogen-bond donors (Lipinski definition) is 2. The van der Waals surface area contributed by atoms with Gasteiger partial charge in [0.2, 0.25) is 11.8 Å². The lowest BCUT2D eigenvalue weighted by atomic mass is 9.73. The summed E-state index contributed by atoms with van der Waals surface area (Å²) in [6.07, 6.45) is 6.40. The molecule has 3 aliphatic carbocycles. The van der Waals surface area contributed by atoms with Crippen molar-refractivity contribution in [3.8, 4) is 17.4 Å². The summed E-state index contributed by atoms with van der Waals surface area (Å²) in [5, 5.41) is 21.1. The van der Waals surface area contributed by atoms with E-state index < -0.39 is 0 Å². The Morgan fingerprint density at radius 1 is 0.900 bits per heavy atom. The number of rotatable bonds is 1. The van der Waals surface area contributed by atoms with Gasteiger partial charge >= 0.3 is 0 Å². The van der Waals surface area contributed by atoms with Crippen LogP contribution in [0.5, 0.6) is 11.8 Å². The molecule has 2 atom stereocenters. The Hall–Kier alpha value is -1.68. The summed E-state index contributed by atoms with van der Waals surface area (Å²) in [6, 6.07) is 7.56. The molecule has 0 spiro atoms. The number of fused-ring (bicyclic) bond motifs is 1. The molecule has 0 saturated heterocycles. The molecule has 0 radical (unpaired) electrons. The highest BCUT2D eigenvalue weighted by atomic mass is 79.9. The van der Waals surface area contributed by atoms with E-state index in [9.17, 15) is 10.2 Å². The van der Waals surface area contributed by atoms with E-state index in [1.807, 2.05) is 24.3 Å². The molecule has 20 heavy (non-hydrogen) atoms. The Labute approximate surface area is 125 Å². The van der Waals surface area contributed by atoms with E-state index in [0.29, 0.717) is 0 Å².